The lowest BCUT2D eigenvalue weighted by Gasteiger charge is -2.09. The predicted molar refractivity (Wildman–Crippen MR) is 78.6 cm³/mol. The van der Waals surface area contributed by atoms with Gasteiger partial charge in [0.05, 0.1) is 14.5 Å². The average Bonchev–Trinajstić information content (AvgIpc) is 2.43. The van der Waals surface area contributed by atoms with E-state index >= 15 is 0 Å². The molecule has 0 atom stereocenters. The van der Waals surface area contributed by atoms with Gasteiger partial charge in [0.1, 0.15) is 6.29 Å². The van der Waals surface area contributed by atoms with E-state index in [4.69, 9.17) is 4.74 Å². The molecular formula is C14H8Br2O3. The van der Waals surface area contributed by atoms with Gasteiger partial charge in [-0.25, -0.2) is 4.79 Å². The van der Waals surface area contributed by atoms with Crippen LogP contribution in [-0.4, -0.2) is 12.3 Å². The second-order valence-electron chi connectivity index (χ2n) is 3.69. The molecule has 0 aliphatic carbocycles. The molecule has 0 spiro atoms. The third-order valence-corrected chi connectivity index (χ3v) is 3.54. The van der Waals surface area contributed by atoms with E-state index in [-0.39, 0.29) is 0 Å². The van der Waals surface area contributed by atoms with Gasteiger partial charge in [0.25, 0.3) is 0 Å². The second kappa shape index (κ2) is 6.12. The maximum absolute atomic E-state index is 11.9. The van der Waals surface area contributed by atoms with Crippen molar-refractivity contribution < 1.29 is 14.3 Å². The van der Waals surface area contributed by atoms with Crippen molar-refractivity contribution in [3.63, 3.8) is 0 Å². The molecule has 3 nitrogen and oxygen atoms in total. The molecule has 0 saturated heterocycles. The molecule has 2 aromatic rings. The Morgan fingerprint density at radius 1 is 1.05 bits per heavy atom. The second-order valence-corrected chi connectivity index (χ2v) is 5.40. The Morgan fingerprint density at radius 3 is 2.16 bits per heavy atom. The van der Waals surface area contributed by atoms with Gasteiger partial charge in [0.15, 0.2) is 5.75 Å². The van der Waals surface area contributed by atoms with E-state index in [0.29, 0.717) is 25.8 Å². The molecule has 0 radical (unpaired) electrons. The number of rotatable bonds is 3. The van der Waals surface area contributed by atoms with Crippen LogP contribution in [0.25, 0.3) is 0 Å². The van der Waals surface area contributed by atoms with Crippen molar-refractivity contribution in [2.24, 2.45) is 0 Å². The SMILES string of the molecule is O=Cc1cc(Br)c(OC(=O)c2ccccc2)c(Br)c1. The van der Waals surface area contributed by atoms with Crippen molar-refractivity contribution in [1.82, 2.24) is 0 Å². The van der Waals surface area contributed by atoms with Crippen LogP contribution in [0.4, 0.5) is 0 Å². The smallest absolute Gasteiger partial charge is 0.343 e. The Hall–Kier alpha value is -1.46. The van der Waals surface area contributed by atoms with Gasteiger partial charge < -0.3 is 4.74 Å². The molecule has 5 heteroatoms. The van der Waals surface area contributed by atoms with Crippen LogP contribution in [0.5, 0.6) is 5.75 Å². The van der Waals surface area contributed by atoms with E-state index in [0.717, 1.165) is 6.29 Å². The summed E-state index contributed by atoms with van der Waals surface area (Å²) in [7, 11) is 0. The zero-order valence-corrected chi connectivity index (χ0v) is 12.8. The first-order valence-corrected chi connectivity index (χ1v) is 6.92. The summed E-state index contributed by atoms with van der Waals surface area (Å²) >= 11 is 6.55. The molecule has 0 aliphatic rings. The standard InChI is InChI=1S/C14H8Br2O3/c15-11-6-9(8-17)7-12(16)13(11)19-14(18)10-4-2-1-3-5-10/h1-8H. The first-order valence-electron chi connectivity index (χ1n) is 5.33. The maximum atomic E-state index is 11.9. The van der Waals surface area contributed by atoms with Crippen LogP contribution in [0.15, 0.2) is 51.4 Å². The van der Waals surface area contributed by atoms with Crippen molar-refractivity contribution in [2.45, 2.75) is 0 Å². The molecule has 0 unspecified atom stereocenters. The molecule has 0 N–H and O–H groups in total. The summed E-state index contributed by atoms with van der Waals surface area (Å²) in [4.78, 5) is 22.7. The normalized spacial score (nSPS) is 10.0. The zero-order chi connectivity index (χ0) is 13.8. The van der Waals surface area contributed by atoms with Crippen LogP contribution >= 0.6 is 31.9 Å². The van der Waals surface area contributed by atoms with Crippen molar-refractivity contribution in [3.8, 4) is 5.75 Å². The highest BCUT2D eigenvalue weighted by atomic mass is 79.9. The van der Waals surface area contributed by atoms with Crippen molar-refractivity contribution in [2.75, 3.05) is 0 Å². The van der Waals surface area contributed by atoms with Gasteiger partial charge in [-0.05, 0) is 56.1 Å². The number of esters is 1. The summed E-state index contributed by atoms with van der Waals surface area (Å²) in [5.74, 6) is -0.111. The zero-order valence-electron chi connectivity index (χ0n) is 9.60. The van der Waals surface area contributed by atoms with Gasteiger partial charge in [0.2, 0.25) is 0 Å². The highest BCUT2D eigenvalue weighted by Crippen LogP contribution is 2.34. The summed E-state index contributed by atoms with van der Waals surface area (Å²) in [5.41, 5.74) is 0.944. The predicted octanol–water partition coefficient (Wildman–Crippen LogP) is 4.24. The fraction of sp³-hybridized carbons (Fsp3) is 0. The minimum atomic E-state index is -0.458. The number of hydrogen-bond acceptors (Lipinski definition) is 3. The van der Waals surface area contributed by atoms with Crippen molar-refractivity contribution in [1.29, 1.82) is 0 Å². The highest BCUT2D eigenvalue weighted by molar-refractivity contribution is 9.11. The van der Waals surface area contributed by atoms with Gasteiger partial charge in [-0.2, -0.15) is 0 Å². The Balaban J connectivity index is 2.29. The van der Waals surface area contributed by atoms with Crippen LogP contribution in [0, 0.1) is 0 Å². The minimum Gasteiger partial charge on any atom is -0.421 e. The third-order valence-electron chi connectivity index (χ3n) is 2.36. The maximum Gasteiger partial charge on any atom is 0.343 e. The van der Waals surface area contributed by atoms with Gasteiger partial charge in [-0.15, -0.1) is 0 Å². The Bertz CT molecular complexity index is 601. The lowest BCUT2D eigenvalue weighted by Crippen LogP contribution is -2.09. The molecule has 0 fully saturated rings. The molecule has 0 bridgehead atoms. The minimum absolute atomic E-state index is 0.347. The van der Waals surface area contributed by atoms with Crippen molar-refractivity contribution >= 4 is 44.1 Å². The first-order chi connectivity index (χ1) is 9.11. The molecule has 0 aliphatic heterocycles. The monoisotopic (exact) mass is 382 g/mol. The van der Waals surface area contributed by atoms with Crippen LogP contribution < -0.4 is 4.74 Å². The molecule has 0 saturated carbocycles. The fourth-order valence-electron chi connectivity index (χ4n) is 1.47. The van der Waals surface area contributed by atoms with Gasteiger partial charge in [-0.3, -0.25) is 4.79 Å². The van der Waals surface area contributed by atoms with Crippen molar-refractivity contribution in [3.05, 3.63) is 62.5 Å². The molecule has 2 rings (SSSR count). The quantitative estimate of drug-likeness (QED) is 0.452. The van der Waals surface area contributed by atoms with E-state index in [1.165, 1.54) is 0 Å². The Morgan fingerprint density at radius 2 is 1.63 bits per heavy atom. The molecule has 2 aromatic carbocycles. The number of carbonyl (C=O) groups is 2. The molecular weight excluding hydrogens is 376 g/mol. The van der Waals surface area contributed by atoms with Crippen LogP contribution in [0.3, 0.4) is 0 Å². The summed E-state index contributed by atoms with van der Waals surface area (Å²) < 4.78 is 6.38. The first kappa shape index (κ1) is 14.0. The van der Waals surface area contributed by atoms with Gasteiger partial charge in [-0.1, -0.05) is 18.2 Å². The van der Waals surface area contributed by atoms with E-state index in [9.17, 15) is 9.59 Å². The average molecular weight is 384 g/mol. The largest absolute Gasteiger partial charge is 0.421 e. The molecule has 0 heterocycles. The summed E-state index contributed by atoms with van der Waals surface area (Å²) in [5, 5.41) is 0. The summed E-state index contributed by atoms with van der Waals surface area (Å²) in [6.45, 7) is 0. The van der Waals surface area contributed by atoms with Crippen LogP contribution in [0.2, 0.25) is 0 Å². The molecule has 19 heavy (non-hydrogen) atoms. The Labute approximate surface area is 126 Å². The summed E-state index contributed by atoms with van der Waals surface area (Å²) in [6, 6.07) is 11.9. The number of halogens is 2. The van der Waals surface area contributed by atoms with E-state index < -0.39 is 5.97 Å². The lowest BCUT2D eigenvalue weighted by atomic mass is 10.2. The highest BCUT2D eigenvalue weighted by Gasteiger charge is 2.14. The lowest BCUT2D eigenvalue weighted by molar-refractivity contribution is 0.0732. The summed E-state index contributed by atoms with van der Waals surface area (Å²) in [6.07, 6.45) is 0.721. The molecule has 96 valence electrons. The third kappa shape index (κ3) is 3.30. The number of ether oxygens (including phenoxy) is 1. The van der Waals surface area contributed by atoms with Gasteiger partial charge >= 0.3 is 5.97 Å². The van der Waals surface area contributed by atoms with E-state index in [1.54, 1.807) is 36.4 Å². The van der Waals surface area contributed by atoms with E-state index in [2.05, 4.69) is 31.9 Å². The number of carbonyl (C=O) groups excluding carboxylic acids is 2. The topological polar surface area (TPSA) is 43.4 Å². The van der Waals surface area contributed by atoms with E-state index in [1.807, 2.05) is 6.07 Å². The fourth-order valence-corrected chi connectivity index (χ4v) is 2.85. The van der Waals surface area contributed by atoms with Crippen LogP contribution in [-0.2, 0) is 0 Å². The number of benzene rings is 2. The van der Waals surface area contributed by atoms with Crippen LogP contribution in [0.1, 0.15) is 20.7 Å². The number of aldehydes is 1. The van der Waals surface area contributed by atoms with Gasteiger partial charge in [0, 0.05) is 5.56 Å². The molecule has 0 amide bonds. The number of hydrogen-bond donors (Lipinski definition) is 0. The Kier molecular flexibility index (Phi) is 4.50. The molecule has 0 aromatic heterocycles.